The molecule has 0 radical (unpaired) electrons. The number of ether oxygens (including phenoxy) is 1. The molecule has 0 N–H and O–H groups in total. The maximum Gasteiger partial charge on any atom is 0.264 e. The second-order valence-corrected chi connectivity index (χ2v) is 8.32. The van der Waals surface area contributed by atoms with E-state index in [2.05, 4.69) is 17.0 Å². The van der Waals surface area contributed by atoms with E-state index >= 15 is 0 Å². The van der Waals surface area contributed by atoms with E-state index in [1.807, 2.05) is 23.1 Å². The maximum absolute atomic E-state index is 12.9. The van der Waals surface area contributed by atoms with Gasteiger partial charge in [-0.1, -0.05) is 18.2 Å². The summed E-state index contributed by atoms with van der Waals surface area (Å²) in [7, 11) is 0. The van der Waals surface area contributed by atoms with Crippen molar-refractivity contribution in [3.8, 4) is 0 Å². The Bertz CT molecular complexity index is 737. The second kappa shape index (κ2) is 5.83. The Morgan fingerprint density at radius 3 is 2.88 bits per heavy atom. The molecule has 5 rings (SSSR count). The second-order valence-electron chi connectivity index (χ2n) is 7.23. The summed E-state index contributed by atoms with van der Waals surface area (Å²) in [4.78, 5) is 18.5. The van der Waals surface area contributed by atoms with Gasteiger partial charge >= 0.3 is 0 Å². The summed E-state index contributed by atoms with van der Waals surface area (Å²) in [5.41, 5.74) is 0. The predicted octanol–water partition coefficient (Wildman–Crippen LogP) is 2.84. The first-order valence-corrected chi connectivity index (χ1v) is 9.72. The van der Waals surface area contributed by atoms with Crippen molar-refractivity contribution in [1.82, 2.24) is 9.80 Å². The van der Waals surface area contributed by atoms with Crippen LogP contribution in [0, 0.1) is 5.92 Å². The first-order chi connectivity index (χ1) is 11.8. The zero-order chi connectivity index (χ0) is 16.1. The molecule has 4 nitrogen and oxygen atoms in total. The number of fused-ring (bicyclic) bond motifs is 2. The predicted molar refractivity (Wildman–Crippen MR) is 95.6 cm³/mol. The average Bonchev–Trinajstić information content (AvgIpc) is 3.38. The first kappa shape index (κ1) is 14.9. The lowest BCUT2D eigenvalue weighted by Crippen LogP contribution is -2.63. The highest BCUT2D eigenvalue weighted by Gasteiger charge is 2.43. The molecule has 1 aromatic heterocycles. The van der Waals surface area contributed by atoms with Gasteiger partial charge in [-0.05, 0) is 36.3 Å². The molecule has 2 aliphatic heterocycles. The third kappa shape index (κ3) is 2.55. The van der Waals surface area contributed by atoms with E-state index in [1.54, 1.807) is 11.3 Å². The number of benzene rings is 1. The molecule has 0 bridgehead atoms. The Morgan fingerprint density at radius 1 is 1.17 bits per heavy atom. The summed E-state index contributed by atoms with van der Waals surface area (Å²) in [5.74, 6) is 1.02. The Morgan fingerprint density at radius 2 is 2.04 bits per heavy atom. The zero-order valence-corrected chi connectivity index (χ0v) is 14.5. The van der Waals surface area contributed by atoms with E-state index in [0.717, 1.165) is 43.6 Å². The van der Waals surface area contributed by atoms with Gasteiger partial charge in [0.05, 0.1) is 24.1 Å². The Balaban J connectivity index is 1.33. The molecule has 5 heteroatoms. The fourth-order valence-electron chi connectivity index (χ4n) is 4.19. The highest BCUT2D eigenvalue weighted by atomic mass is 32.1. The number of rotatable bonds is 2. The van der Waals surface area contributed by atoms with E-state index in [4.69, 9.17) is 4.74 Å². The molecule has 3 aliphatic rings. The molecule has 3 heterocycles. The SMILES string of the molecule is O=C(c1cc2ccccc2s1)N1CCN2[C@@H](COC[C@@H]2C2CC2)C1. The van der Waals surface area contributed by atoms with Gasteiger partial charge in [0.2, 0.25) is 0 Å². The van der Waals surface area contributed by atoms with E-state index in [0.29, 0.717) is 12.1 Å². The van der Waals surface area contributed by atoms with Crippen LogP contribution in [0.4, 0.5) is 0 Å². The third-order valence-electron chi connectivity index (χ3n) is 5.64. The topological polar surface area (TPSA) is 32.8 Å². The molecule has 1 aliphatic carbocycles. The normalized spacial score (nSPS) is 28.1. The number of carbonyl (C=O) groups is 1. The molecule has 126 valence electrons. The minimum Gasteiger partial charge on any atom is -0.378 e. The lowest BCUT2D eigenvalue weighted by Gasteiger charge is -2.48. The molecule has 2 aromatic rings. The van der Waals surface area contributed by atoms with E-state index < -0.39 is 0 Å². The summed E-state index contributed by atoms with van der Waals surface area (Å²) in [6.45, 7) is 4.28. The minimum absolute atomic E-state index is 0.185. The highest BCUT2D eigenvalue weighted by molar-refractivity contribution is 7.20. The fraction of sp³-hybridized carbons (Fsp3) is 0.526. The van der Waals surface area contributed by atoms with Crippen LogP contribution in [0.25, 0.3) is 10.1 Å². The Labute approximate surface area is 146 Å². The van der Waals surface area contributed by atoms with Gasteiger partial charge in [-0.15, -0.1) is 11.3 Å². The average molecular weight is 342 g/mol. The number of hydrogen-bond acceptors (Lipinski definition) is 4. The number of nitrogens with zero attached hydrogens (tertiary/aromatic N) is 2. The largest absolute Gasteiger partial charge is 0.378 e. The molecule has 1 amide bonds. The van der Waals surface area contributed by atoms with E-state index in [1.165, 1.54) is 22.9 Å². The van der Waals surface area contributed by atoms with Gasteiger partial charge in [-0.2, -0.15) is 0 Å². The number of piperazine rings is 1. The number of morpholine rings is 1. The lowest BCUT2D eigenvalue weighted by molar-refractivity contribution is -0.0815. The summed E-state index contributed by atoms with van der Waals surface area (Å²) in [5, 5.41) is 1.17. The summed E-state index contributed by atoms with van der Waals surface area (Å²) in [6, 6.07) is 11.2. The van der Waals surface area contributed by atoms with Gasteiger partial charge in [0, 0.05) is 30.4 Å². The maximum atomic E-state index is 12.9. The molecule has 2 atom stereocenters. The molecular formula is C19H22N2O2S. The van der Waals surface area contributed by atoms with Crippen molar-refractivity contribution in [2.75, 3.05) is 32.8 Å². The zero-order valence-electron chi connectivity index (χ0n) is 13.7. The van der Waals surface area contributed by atoms with E-state index in [9.17, 15) is 4.79 Å². The lowest BCUT2D eigenvalue weighted by atomic mass is 10.0. The number of hydrogen-bond donors (Lipinski definition) is 0. The molecule has 0 unspecified atom stereocenters. The fourth-order valence-corrected chi connectivity index (χ4v) is 5.22. The quantitative estimate of drug-likeness (QED) is 0.841. The summed E-state index contributed by atoms with van der Waals surface area (Å²) >= 11 is 1.61. The van der Waals surface area contributed by atoms with Crippen molar-refractivity contribution in [1.29, 1.82) is 0 Å². The molecule has 0 spiro atoms. The third-order valence-corrected chi connectivity index (χ3v) is 6.75. The standard InChI is InChI=1S/C19H22N2O2S/c22-19(18-9-14-3-1-2-4-17(14)24-18)20-7-8-21-15(10-20)11-23-12-16(21)13-5-6-13/h1-4,9,13,15-16H,5-8,10-12H2/t15-,16-/m1/s1. The van der Waals surface area contributed by atoms with Crippen LogP contribution in [-0.2, 0) is 4.74 Å². The number of thiophene rings is 1. The molecule has 1 aromatic carbocycles. The monoisotopic (exact) mass is 342 g/mol. The van der Waals surface area contributed by atoms with Crippen LogP contribution in [0.3, 0.4) is 0 Å². The molecule has 3 fully saturated rings. The Kier molecular flexibility index (Phi) is 3.61. The van der Waals surface area contributed by atoms with Crippen LogP contribution < -0.4 is 0 Å². The smallest absolute Gasteiger partial charge is 0.264 e. The van der Waals surface area contributed by atoms with Crippen molar-refractivity contribution >= 4 is 27.3 Å². The van der Waals surface area contributed by atoms with Gasteiger partial charge in [0.15, 0.2) is 0 Å². The minimum atomic E-state index is 0.185. The molecule has 2 saturated heterocycles. The van der Waals surface area contributed by atoms with Crippen LogP contribution in [0.1, 0.15) is 22.5 Å². The number of amides is 1. The van der Waals surface area contributed by atoms with Crippen LogP contribution in [0.15, 0.2) is 30.3 Å². The molecule has 1 saturated carbocycles. The van der Waals surface area contributed by atoms with Crippen molar-refractivity contribution < 1.29 is 9.53 Å². The van der Waals surface area contributed by atoms with Crippen molar-refractivity contribution in [2.24, 2.45) is 5.92 Å². The van der Waals surface area contributed by atoms with Crippen molar-refractivity contribution in [2.45, 2.75) is 24.9 Å². The van der Waals surface area contributed by atoms with Gasteiger partial charge < -0.3 is 9.64 Å². The van der Waals surface area contributed by atoms with Crippen LogP contribution in [0.2, 0.25) is 0 Å². The number of carbonyl (C=O) groups excluding carboxylic acids is 1. The van der Waals surface area contributed by atoms with Crippen molar-refractivity contribution in [3.63, 3.8) is 0 Å². The van der Waals surface area contributed by atoms with Gasteiger partial charge in [0.1, 0.15) is 0 Å². The van der Waals surface area contributed by atoms with E-state index in [-0.39, 0.29) is 5.91 Å². The van der Waals surface area contributed by atoms with Gasteiger partial charge in [-0.25, -0.2) is 0 Å². The van der Waals surface area contributed by atoms with Crippen LogP contribution >= 0.6 is 11.3 Å². The van der Waals surface area contributed by atoms with Gasteiger partial charge in [-0.3, -0.25) is 9.69 Å². The Hall–Kier alpha value is -1.43. The molecule has 24 heavy (non-hydrogen) atoms. The van der Waals surface area contributed by atoms with Crippen LogP contribution in [-0.4, -0.2) is 60.6 Å². The highest BCUT2D eigenvalue weighted by Crippen LogP contribution is 2.38. The summed E-state index contributed by atoms with van der Waals surface area (Å²) in [6.07, 6.45) is 2.70. The molecular weight excluding hydrogens is 320 g/mol. The van der Waals surface area contributed by atoms with Crippen molar-refractivity contribution in [3.05, 3.63) is 35.2 Å². The van der Waals surface area contributed by atoms with Gasteiger partial charge in [0.25, 0.3) is 5.91 Å². The van der Waals surface area contributed by atoms with Crippen LogP contribution in [0.5, 0.6) is 0 Å². The first-order valence-electron chi connectivity index (χ1n) is 8.91. The summed E-state index contributed by atoms with van der Waals surface area (Å²) < 4.78 is 7.05.